The predicted octanol–water partition coefficient (Wildman–Crippen LogP) is 1.79. The number of nitrogens with zero attached hydrogens (tertiary/aromatic N) is 1. The van der Waals surface area contributed by atoms with Gasteiger partial charge in [-0.3, -0.25) is 4.79 Å². The third-order valence-electron chi connectivity index (χ3n) is 3.32. The molecule has 0 radical (unpaired) electrons. The molecule has 2 rings (SSSR count). The second-order valence-corrected chi connectivity index (χ2v) is 4.52. The number of benzene rings is 1. The molecular weight excluding hydrogens is 238 g/mol. The van der Waals surface area contributed by atoms with Gasteiger partial charge in [0.05, 0.1) is 5.56 Å². The monoisotopic (exact) mass is 254 g/mol. The van der Waals surface area contributed by atoms with Gasteiger partial charge in [0.2, 0.25) is 0 Å². The van der Waals surface area contributed by atoms with Crippen molar-refractivity contribution in [1.82, 2.24) is 10.2 Å². The van der Waals surface area contributed by atoms with Crippen LogP contribution in [0.15, 0.2) is 18.2 Å². The summed E-state index contributed by atoms with van der Waals surface area (Å²) in [6.45, 7) is 1.63. The molecule has 1 unspecified atom stereocenters. The fourth-order valence-corrected chi connectivity index (χ4v) is 2.19. The van der Waals surface area contributed by atoms with Gasteiger partial charge < -0.3 is 10.2 Å². The van der Waals surface area contributed by atoms with Crippen molar-refractivity contribution in [3.63, 3.8) is 0 Å². The average molecular weight is 254 g/mol. The van der Waals surface area contributed by atoms with Crippen molar-refractivity contribution < 1.29 is 13.6 Å². The Morgan fingerprint density at radius 2 is 2.22 bits per heavy atom. The summed E-state index contributed by atoms with van der Waals surface area (Å²) < 4.78 is 26.6. The van der Waals surface area contributed by atoms with Crippen LogP contribution in [0.4, 0.5) is 8.78 Å². The van der Waals surface area contributed by atoms with Crippen LogP contribution < -0.4 is 5.32 Å². The number of carbonyl (C=O) groups excluding carboxylic acids is 1. The van der Waals surface area contributed by atoms with Crippen molar-refractivity contribution in [2.45, 2.75) is 18.9 Å². The normalized spacial score (nSPS) is 19.6. The van der Waals surface area contributed by atoms with E-state index < -0.39 is 17.5 Å². The van der Waals surface area contributed by atoms with E-state index in [-0.39, 0.29) is 11.6 Å². The lowest BCUT2D eigenvalue weighted by atomic mass is 10.0. The number of nitrogens with one attached hydrogen (secondary N) is 1. The minimum absolute atomic E-state index is 0.0360. The zero-order valence-corrected chi connectivity index (χ0v) is 10.2. The number of hydrogen-bond donors (Lipinski definition) is 1. The Hall–Kier alpha value is -1.49. The summed E-state index contributed by atoms with van der Waals surface area (Å²) in [6.07, 6.45) is 1.86. The zero-order chi connectivity index (χ0) is 13.1. The molecule has 1 amide bonds. The van der Waals surface area contributed by atoms with Crippen LogP contribution in [-0.4, -0.2) is 37.0 Å². The number of rotatable bonds is 2. The molecule has 1 atom stereocenters. The number of amides is 1. The van der Waals surface area contributed by atoms with E-state index in [0.29, 0.717) is 6.54 Å². The summed E-state index contributed by atoms with van der Waals surface area (Å²) in [7, 11) is 1.63. The Morgan fingerprint density at radius 3 is 2.89 bits per heavy atom. The van der Waals surface area contributed by atoms with Gasteiger partial charge >= 0.3 is 0 Å². The van der Waals surface area contributed by atoms with Gasteiger partial charge in [0, 0.05) is 19.6 Å². The molecule has 1 saturated heterocycles. The summed E-state index contributed by atoms with van der Waals surface area (Å²) in [6, 6.07) is 3.70. The van der Waals surface area contributed by atoms with Crippen LogP contribution in [0.5, 0.6) is 0 Å². The Kier molecular flexibility index (Phi) is 3.91. The number of piperidine rings is 1. The lowest BCUT2D eigenvalue weighted by Crippen LogP contribution is -2.46. The molecule has 1 aromatic rings. The molecule has 5 heteroatoms. The highest BCUT2D eigenvalue weighted by atomic mass is 19.2. The molecule has 1 fully saturated rings. The first-order valence-corrected chi connectivity index (χ1v) is 6.03. The molecule has 0 saturated carbocycles. The highest BCUT2D eigenvalue weighted by Gasteiger charge is 2.25. The third kappa shape index (κ3) is 2.51. The molecule has 1 aromatic carbocycles. The molecule has 3 nitrogen and oxygen atoms in total. The number of likely N-dealkylation sites (N-methyl/N-ethyl adjacent to an activating group) is 1. The molecule has 18 heavy (non-hydrogen) atoms. The van der Waals surface area contributed by atoms with Crippen molar-refractivity contribution in [3.8, 4) is 0 Å². The zero-order valence-electron chi connectivity index (χ0n) is 10.2. The van der Waals surface area contributed by atoms with Gasteiger partial charge in [-0.2, -0.15) is 0 Å². The van der Waals surface area contributed by atoms with E-state index in [1.807, 2.05) is 0 Å². The summed E-state index contributed by atoms with van der Waals surface area (Å²) in [5.74, 6) is -2.53. The molecule has 1 heterocycles. The van der Waals surface area contributed by atoms with Gasteiger partial charge in [-0.25, -0.2) is 8.78 Å². The third-order valence-corrected chi connectivity index (χ3v) is 3.32. The van der Waals surface area contributed by atoms with E-state index in [0.717, 1.165) is 25.5 Å². The second-order valence-electron chi connectivity index (χ2n) is 4.52. The van der Waals surface area contributed by atoms with Gasteiger partial charge in [-0.05, 0) is 31.5 Å². The Morgan fingerprint density at radius 1 is 1.44 bits per heavy atom. The number of hydrogen-bond acceptors (Lipinski definition) is 2. The predicted molar refractivity (Wildman–Crippen MR) is 64.3 cm³/mol. The summed E-state index contributed by atoms with van der Waals surface area (Å²) in [4.78, 5) is 13.6. The SMILES string of the molecule is CN(C(=O)c1cccc(F)c1F)C1CCCNC1. The quantitative estimate of drug-likeness (QED) is 0.872. The van der Waals surface area contributed by atoms with E-state index in [4.69, 9.17) is 0 Å². The van der Waals surface area contributed by atoms with Crippen molar-refractivity contribution in [2.24, 2.45) is 0 Å². The average Bonchev–Trinajstić information content (AvgIpc) is 2.41. The van der Waals surface area contributed by atoms with Crippen molar-refractivity contribution in [2.75, 3.05) is 20.1 Å². The lowest BCUT2D eigenvalue weighted by molar-refractivity contribution is 0.0702. The van der Waals surface area contributed by atoms with Crippen LogP contribution >= 0.6 is 0 Å². The molecule has 0 spiro atoms. The minimum Gasteiger partial charge on any atom is -0.337 e. The first kappa shape index (κ1) is 13.0. The van der Waals surface area contributed by atoms with Gasteiger partial charge in [-0.1, -0.05) is 6.07 Å². The Labute approximate surface area is 105 Å². The van der Waals surface area contributed by atoms with E-state index in [1.54, 1.807) is 7.05 Å². The highest BCUT2D eigenvalue weighted by molar-refractivity contribution is 5.94. The molecular formula is C13H16F2N2O. The second kappa shape index (κ2) is 5.44. The van der Waals surface area contributed by atoms with Crippen LogP contribution in [0.2, 0.25) is 0 Å². The number of carbonyl (C=O) groups is 1. The molecule has 1 N–H and O–H groups in total. The van der Waals surface area contributed by atoms with Crippen LogP contribution in [0.1, 0.15) is 23.2 Å². The van der Waals surface area contributed by atoms with E-state index in [1.165, 1.54) is 17.0 Å². The summed E-state index contributed by atoms with van der Waals surface area (Å²) >= 11 is 0. The standard InChI is InChI=1S/C13H16F2N2O/c1-17(9-4-3-7-16-8-9)13(18)10-5-2-6-11(14)12(10)15/h2,5-6,9,16H,3-4,7-8H2,1H3. The molecule has 0 bridgehead atoms. The fourth-order valence-electron chi connectivity index (χ4n) is 2.19. The maximum absolute atomic E-state index is 13.5. The van der Waals surface area contributed by atoms with E-state index >= 15 is 0 Å². The Bertz CT molecular complexity index is 445. The molecule has 0 aromatic heterocycles. The first-order valence-electron chi connectivity index (χ1n) is 6.03. The van der Waals surface area contributed by atoms with Gasteiger partial charge in [0.15, 0.2) is 11.6 Å². The summed E-state index contributed by atoms with van der Waals surface area (Å²) in [5, 5.41) is 3.19. The molecule has 98 valence electrons. The highest BCUT2D eigenvalue weighted by Crippen LogP contribution is 2.16. The van der Waals surface area contributed by atoms with Crippen LogP contribution in [-0.2, 0) is 0 Å². The van der Waals surface area contributed by atoms with E-state index in [2.05, 4.69) is 5.32 Å². The Balaban J connectivity index is 2.17. The smallest absolute Gasteiger partial charge is 0.256 e. The van der Waals surface area contributed by atoms with Crippen molar-refractivity contribution >= 4 is 5.91 Å². The number of halogens is 2. The first-order chi connectivity index (χ1) is 8.61. The maximum Gasteiger partial charge on any atom is 0.256 e. The van der Waals surface area contributed by atoms with Crippen molar-refractivity contribution in [1.29, 1.82) is 0 Å². The van der Waals surface area contributed by atoms with Crippen LogP contribution in [0, 0.1) is 11.6 Å². The van der Waals surface area contributed by atoms with Crippen molar-refractivity contribution in [3.05, 3.63) is 35.4 Å². The molecule has 1 aliphatic rings. The summed E-state index contributed by atoms with van der Waals surface area (Å²) in [5.41, 5.74) is -0.205. The lowest BCUT2D eigenvalue weighted by Gasteiger charge is -2.31. The topological polar surface area (TPSA) is 32.3 Å². The maximum atomic E-state index is 13.5. The molecule has 0 aliphatic carbocycles. The largest absolute Gasteiger partial charge is 0.337 e. The van der Waals surface area contributed by atoms with Gasteiger partial charge in [0.1, 0.15) is 0 Å². The minimum atomic E-state index is -1.07. The molecule has 1 aliphatic heterocycles. The van der Waals surface area contributed by atoms with Gasteiger partial charge in [0.25, 0.3) is 5.91 Å². The van der Waals surface area contributed by atoms with E-state index in [9.17, 15) is 13.6 Å². The van der Waals surface area contributed by atoms with Crippen LogP contribution in [0.3, 0.4) is 0 Å². The van der Waals surface area contributed by atoms with Crippen LogP contribution in [0.25, 0.3) is 0 Å². The fraction of sp³-hybridized carbons (Fsp3) is 0.462. The van der Waals surface area contributed by atoms with Gasteiger partial charge in [-0.15, -0.1) is 0 Å².